The second kappa shape index (κ2) is 4.83. The van der Waals surface area contributed by atoms with Gasteiger partial charge in [-0.3, -0.25) is 0 Å². The van der Waals surface area contributed by atoms with Crippen LogP contribution in [-0.2, 0) is 11.2 Å². The van der Waals surface area contributed by atoms with Gasteiger partial charge in [0.2, 0.25) is 0 Å². The Bertz CT molecular complexity index is 548. The van der Waals surface area contributed by atoms with Crippen molar-refractivity contribution in [1.29, 1.82) is 0 Å². The molecule has 0 saturated heterocycles. The number of hydrogen-bond acceptors (Lipinski definition) is 3. The second-order valence-corrected chi connectivity index (χ2v) is 4.01. The molecule has 5 heteroatoms. The smallest absolute Gasteiger partial charge is 0.327 e. The molecule has 0 radical (unpaired) electrons. The fraction of sp³-hybridized carbons (Fsp3) is 0.154. The summed E-state index contributed by atoms with van der Waals surface area (Å²) in [4.78, 5) is 11.2. The summed E-state index contributed by atoms with van der Waals surface area (Å²) in [6.45, 7) is 0. The Kier molecular flexibility index (Phi) is 3.23. The van der Waals surface area contributed by atoms with Crippen LogP contribution >= 0.6 is 0 Å². The van der Waals surface area contributed by atoms with Gasteiger partial charge < -0.3 is 19.9 Å². The summed E-state index contributed by atoms with van der Waals surface area (Å²) in [6.07, 6.45) is 3.59. The molecule has 0 bridgehead atoms. The zero-order valence-corrected chi connectivity index (χ0v) is 9.52. The first-order valence-electron chi connectivity index (χ1n) is 5.44. The highest BCUT2D eigenvalue weighted by atomic mass is 16.4. The fourth-order valence-electron chi connectivity index (χ4n) is 1.80. The van der Waals surface area contributed by atoms with E-state index in [1.807, 2.05) is 0 Å². The van der Waals surface area contributed by atoms with Crippen molar-refractivity contribution in [2.45, 2.75) is 12.5 Å². The SMILES string of the molecule is O=C(O)C(Cc1ccc(O)c(O)c1)n1cccc1. The van der Waals surface area contributed by atoms with Crippen LogP contribution in [0.2, 0.25) is 0 Å². The van der Waals surface area contributed by atoms with E-state index in [1.54, 1.807) is 35.2 Å². The van der Waals surface area contributed by atoms with Crippen molar-refractivity contribution >= 4 is 5.97 Å². The first-order chi connectivity index (χ1) is 8.58. The molecule has 3 N–H and O–H groups in total. The number of hydrogen-bond donors (Lipinski definition) is 3. The fourth-order valence-corrected chi connectivity index (χ4v) is 1.80. The van der Waals surface area contributed by atoms with Crippen LogP contribution in [-0.4, -0.2) is 25.9 Å². The number of aromatic hydroxyl groups is 2. The molecule has 1 unspecified atom stereocenters. The molecule has 0 spiro atoms. The molecule has 0 fully saturated rings. The lowest BCUT2D eigenvalue weighted by Crippen LogP contribution is -2.20. The Morgan fingerprint density at radius 1 is 1.17 bits per heavy atom. The number of benzene rings is 1. The number of nitrogens with zero attached hydrogens (tertiary/aromatic N) is 1. The summed E-state index contributed by atoms with van der Waals surface area (Å²) < 4.78 is 1.59. The van der Waals surface area contributed by atoms with Gasteiger partial charge in [-0.1, -0.05) is 6.07 Å². The van der Waals surface area contributed by atoms with Gasteiger partial charge in [0.1, 0.15) is 6.04 Å². The van der Waals surface area contributed by atoms with Crippen molar-refractivity contribution in [1.82, 2.24) is 4.57 Å². The van der Waals surface area contributed by atoms with E-state index in [0.29, 0.717) is 5.56 Å². The van der Waals surface area contributed by atoms with Crippen molar-refractivity contribution in [2.24, 2.45) is 0 Å². The number of phenolic OH excluding ortho intramolecular Hbond substituents is 2. The molecular weight excluding hydrogens is 234 g/mol. The standard InChI is InChI=1S/C13H13NO4/c15-11-4-3-9(8-12(11)16)7-10(13(17)18)14-5-1-2-6-14/h1-6,8,10,15-16H,7H2,(H,17,18). The minimum Gasteiger partial charge on any atom is -0.504 e. The van der Waals surface area contributed by atoms with Gasteiger partial charge >= 0.3 is 5.97 Å². The summed E-state index contributed by atoms with van der Waals surface area (Å²) >= 11 is 0. The molecule has 1 heterocycles. The lowest BCUT2D eigenvalue weighted by Gasteiger charge is -2.14. The number of phenols is 2. The summed E-state index contributed by atoms with van der Waals surface area (Å²) in [5.41, 5.74) is 0.645. The highest BCUT2D eigenvalue weighted by Crippen LogP contribution is 2.27. The average Bonchev–Trinajstić information content (AvgIpc) is 2.83. The van der Waals surface area contributed by atoms with E-state index in [0.717, 1.165) is 0 Å². The zero-order chi connectivity index (χ0) is 13.1. The van der Waals surface area contributed by atoms with Crippen LogP contribution in [0, 0.1) is 0 Å². The van der Waals surface area contributed by atoms with E-state index in [1.165, 1.54) is 12.1 Å². The Hall–Kier alpha value is -2.43. The molecule has 0 aliphatic carbocycles. The van der Waals surface area contributed by atoms with Crippen LogP contribution < -0.4 is 0 Å². The largest absolute Gasteiger partial charge is 0.504 e. The van der Waals surface area contributed by atoms with E-state index in [2.05, 4.69) is 0 Å². The number of carboxylic acids is 1. The quantitative estimate of drug-likeness (QED) is 0.719. The molecule has 1 atom stereocenters. The molecule has 0 aliphatic heterocycles. The van der Waals surface area contributed by atoms with Crippen LogP contribution in [0.3, 0.4) is 0 Å². The predicted octanol–water partition coefficient (Wildman–Crippen LogP) is 1.77. The third-order valence-corrected chi connectivity index (χ3v) is 2.74. The lowest BCUT2D eigenvalue weighted by atomic mass is 10.1. The molecule has 2 aromatic rings. The van der Waals surface area contributed by atoms with Gasteiger partial charge in [-0.2, -0.15) is 0 Å². The third-order valence-electron chi connectivity index (χ3n) is 2.74. The highest BCUT2D eigenvalue weighted by Gasteiger charge is 2.19. The summed E-state index contributed by atoms with van der Waals surface area (Å²) in [5.74, 6) is -1.41. The topological polar surface area (TPSA) is 82.7 Å². The Balaban J connectivity index is 2.24. The molecule has 0 aliphatic rings. The second-order valence-electron chi connectivity index (χ2n) is 4.01. The van der Waals surface area contributed by atoms with Gasteiger partial charge in [-0.25, -0.2) is 4.79 Å². The number of aliphatic carboxylic acids is 1. The first kappa shape index (κ1) is 12.0. The number of carboxylic acid groups (broad SMARTS) is 1. The van der Waals surface area contributed by atoms with E-state index in [9.17, 15) is 20.1 Å². The van der Waals surface area contributed by atoms with E-state index >= 15 is 0 Å². The molecule has 1 aromatic heterocycles. The third kappa shape index (κ3) is 2.45. The van der Waals surface area contributed by atoms with Crippen molar-refractivity contribution in [3.05, 3.63) is 48.3 Å². The number of aromatic nitrogens is 1. The first-order valence-corrected chi connectivity index (χ1v) is 5.44. The zero-order valence-electron chi connectivity index (χ0n) is 9.52. The maximum atomic E-state index is 11.2. The van der Waals surface area contributed by atoms with E-state index < -0.39 is 12.0 Å². The molecule has 0 amide bonds. The molecule has 94 valence electrons. The van der Waals surface area contributed by atoms with Crippen LogP contribution in [0.5, 0.6) is 11.5 Å². The highest BCUT2D eigenvalue weighted by molar-refractivity contribution is 5.72. The molecule has 0 saturated carbocycles. The number of carbonyl (C=O) groups is 1. The average molecular weight is 247 g/mol. The van der Waals surface area contributed by atoms with Crippen molar-refractivity contribution < 1.29 is 20.1 Å². The van der Waals surface area contributed by atoms with Gasteiger partial charge in [-0.15, -0.1) is 0 Å². The molecule has 1 aromatic carbocycles. The summed E-state index contributed by atoms with van der Waals surface area (Å²) in [5, 5.41) is 27.8. The van der Waals surface area contributed by atoms with Gasteiger partial charge in [0.25, 0.3) is 0 Å². The lowest BCUT2D eigenvalue weighted by molar-refractivity contribution is -0.140. The number of rotatable bonds is 4. The van der Waals surface area contributed by atoms with Gasteiger partial charge in [0.15, 0.2) is 11.5 Å². The van der Waals surface area contributed by atoms with Crippen LogP contribution in [0.25, 0.3) is 0 Å². The van der Waals surface area contributed by atoms with Gasteiger partial charge in [-0.05, 0) is 29.8 Å². The Labute approximate surface area is 104 Å². The van der Waals surface area contributed by atoms with Crippen LogP contribution in [0.15, 0.2) is 42.7 Å². The van der Waals surface area contributed by atoms with Crippen molar-refractivity contribution in [3.63, 3.8) is 0 Å². The minimum atomic E-state index is -0.946. The molecule has 5 nitrogen and oxygen atoms in total. The van der Waals surface area contributed by atoms with Gasteiger partial charge in [0.05, 0.1) is 0 Å². The van der Waals surface area contributed by atoms with E-state index in [4.69, 9.17) is 0 Å². The van der Waals surface area contributed by atoms with E-state index in [-0.39, 0.29) is 17.9 Å². The maximum Gasteiger partial charge on any atom is 0.327 e. The minimum absolute atomic E-state index is 0.216. The molecule has 18 heavy (non-hydrogen) atoms. The molecular formula is C13H13NO4. The maximum absolute atomic E-state index is 11.2. The predicted molar refractivity (Wildman–Crippen MR) is 64.6 cm³/mol. The van der Waals surface area contributed by atoms with Crippen molar-refractivity contribution in [2.75, 3.05) is 0 Å². The molecule has 2 rings (SSSR count). The Morgan fingerprint density at radius 2 is 1.83 bits per heavy atom. The van der Waals surface area contributed by atoms with Crippen molar-refractivity contribution in [3.8, 4) is 11.5 Å². The summed E-state index contributed by atoms with van der Waals surface area (Å²) in [7, 11) is 0. The normalized spacial score (nSPS) is 12.2. The summed E-state index contributed by atoms with van der Waals surface area (Å²) in [6, 6.07) is 7.08. The van der Waals surface area contributed by atoms with Crippen LogP contribution in [0.4, 0.5) is 0 Å². The monoisotopic (exact) mass is 247 g/mol. The Morgan fingerprint density at radius 3 is 2.39 bits per heavy atom. The van der Waals surface area contributed by atoms with Gasteiger partial charge in [0, 0.05) is 18.8 Å². The van der Waals surface area contributed by atoms with Crippen LogP contribution in [0.1, 0.15) is 11.6 Å².